The Hall–Kier alpha value is -1.39. The second-order valence-electron chi connectivity index (χ2n) is 2.60. The van der Waals surface area contributed by atoms with Gasteiger partial charge in [0.1, 0.15) is 5.82 Å². The lowest BCUT2D eigenvalue weighted by Crippen LogP contribution is -2.15. The number of rotatable bonds is 2. The van der Waals surface area contributed by atoms with Gasteiger partial charge >= 0.3 is 0 Å². The highest BCUT2D eigenvalue weighted by molar-refractivity contribution is 5.34. The number of nitrogens with one attached hydrogen (secondary N) is 1. The van der Waals surface area contributed by atoms with Crippen LogP contribution in [0.25, 0.3) is 0 Å². The Bertz CT molecular complexity index is 273. The Morgan fingerprint density at radius 2 is 2.00 bits per heavy atom. The second-order valence-corrected chi connectivity index (χ2v) is 2.60. The predicted octanol–water partition coefficient (Wildman–Crippen LogP) is 0.288. The van der Waals surface area contributed by atoms with E-state index in [1.54, 1.807) is 18.9 Å². The predicted molar refractivity (Wildman–Crippen MR) is 48.4 cm³/mol. The van der Waals surface area contributed by atoms with Crippen LogP contribution in [0.2, 0.25) is 1.41 Å². The SMILES string of the molecule is [2H]N(C)c1nc(C)nc(N(C)C)n1. The molecule has 0 aliphatic rings. The van der Waals surface area contributed by atoms with Crippen molar-refractivity contribution < 1.29 is 1.41 Å². The van der Waals surface area contributed by atoms with E-state index < -0.39 is 0 Å². The van der Waals surface area contributed by atoms with E-state index >= 15 is 0 Å². The van der Waals surface area contributed by atoms with E-state index in [0.29, 0.717) is 17.7 Å². The first-order valence-electron chi connectivity index (χ1n) is 4.08. The maximum absolute atomic E-state index is 7.32. The Balaban J connectivity index is 3.11. The van der Waals surface area contributed by atoms with Gasteiger partial charge in [-0.3, -0.25) is 0 Å². The van der Waals surface area contributed by atoms with Crippen LogP contribution in [-0.4, -0.2) is 36.1 Å². The van der Waals surface area contributed by atoms with E-state index in [1.165, 1.54) is 0 Å². The molecule has 0 fully saturated rings. The largest absolute Gasteiger partial charge is 0.357 e. The van der Waals surface area contributed by atoms with Crippen LogP contribution in [0.3, 0.4) is 0 Å². The summed E-state index contributed by atoms with van der Waals surface area (Å²) in [6.07, 6.45) is 0. The third-order valence-electron chi connectivity index (χ3n) is 1.32. The molecule has 0 saturated heterocycles. The smallest absolute Gasteiger partial charge is 0.229 e. The minimum Gasteiger partial charge on any atom is -0.357 e. The summed E-state index contributed by atoms with van der Waals surface area (Å²) in [6, 6.07) is 0. The Morgan fingerprint density at radius 1 is 1.33 bits per heavy atom. The summed E-state index contributed by atoms with van der Waals surface area (Å²) in [7, 11) is 5.28. The molecule has 5 heteroatoms. The fourth-order valence-electron chi connectivity index (χ4n) is 0.754. The van der Waals surface area contributed by atoms with Crippen molar-refractivity contribution in [2.45, 2.75) is 6.92 Å². The lowest BCUT2D eigenvalue weighted by molar-refractivity contribution is 0.920. The highest BCUT2D eigenvalue weighted by Crippen LogP contribution is 2.05. The van der Waals surface area contributed by atoms with Crippen LogP contribution < -0.4 is 10.2 Å². The van der Waals surface area contributed by atoms with Crippen molar-refractivity contribution in [2.75, 3.05) is 31.4 Å². The number of nitrogens with zero attached hydrogens (tertiary/aromatic N) is 4. The summed E-state index contributed by atoms with van der Waals surface area (Å²) < 4.78 is 7.32. The van der Waals surface area contributed by atoms with Gasteiger partial charge in [0, 0.05) is 21.1 Å². The van der Waals surface area contributed by atoms with Gasteiger partial charge < -0.3 is 10.2 Å². The maximum atomic E-state index is 7.32. The molecule has 0 atom stereocenters. The summed E-state index contributed by atoms with van der Waals surface area (Å²) in [6.45, 7) is 1.78. The molecule has 0 spiro atoms. The second kappa shape index (κ2) is 3.34. The molecule has 5 nitrogen and oxygen atoms in total. The molecule has 1 heterocycles. The number of anilines is 2. The number of aryl methyl sites for hydroxylation is 1. The van der Waals surface area contributed by atoms with Crippen LogP contribution in [0.1, 0.15) is 5.82 Å². The van der Waals surface area contributed by atoms with E-state index in [1.807, 2.05) is 14.1 Å². The van der Waals surface area contributed by atoms with Gasteiger partial charge in [-0.25, -0.2) is 0 Å². The van der Waals surface area contributed by atoms with Crippen molar-refractivity contribution in [3.63, 3.8) is 0 Å². The summed E-state index contributed by atoms with van der Waals surface area (Å²) in [5.74, 6) is 1.55. The zero-order valence-corrected chi connectivity index (χ0v) is 7.74. The molecule has 0 aliphatic carbocycles. The van der Waals surface area contributed by atoms with Crippen molar-refractivity contribution in [3.05, 3.63) is 5.82 Å². The van der Waals surface area contributed by atoms with Gasteiger partial charge in [-0.05, 0) is 6.92 Å². The van der Waals surface area contributed by atoms with Crippen LogP contribution in [0, 0.1) is 6.92 Å². The molecule has 1 rings (SSSR count). The number of aromatic nitrogens is 3. The normalized spacial score (nSPS) is 10.8. The molecular weight excluding hydrogens is 154 g/mol. The highest BCUT2D eigenvalue weighted by atomic mass is 15.3. The molecule has 66 valence electrons. The quantitative estimate of drug-likeness (QED) is 0.687. The Labute approximate surface area is 73.3 Å². The van der Waals surface area contributed by atoms with Crippen molar-refractivity contribution in [2.24, 2.45) is 0 Å². The van der Waals surface area contributed by atoms with Crippen LogP contribution in [0.15, 0.2) is 0 Å². The summed E-state index contributed by atoms with van der Waals surface area (Å²) >= 11 is 0. The minimum atomic E-state index is 0.358. The first-order valence-corrected chi connectivity index (χ1v) is 3.63. The molecule has 0 unspecified atom stereocenters. The average Bonchev–Trinajstić information content (AvgIpc) is 2.03. The van der Waals surface area contributed by atoms with Gasteiger partial charge in [-0.15, -0.1) is 0 Å². The fraction of sp³-hybridized carbons (Fsp3) is 0.571. The maximum Gasteiger partial charge on any atom is 0.229 e. The molecule has 0 radical (unpaired) electrons. The minimum absolute atomic E-state index is 0.358. The van der Waals surface area contributed by atoms with E-state index in [0.717, 1.165) is 5.31 Å². The van der Waals surface area contributed by atoms with E-state index in [-0.39, 0.29) is 0 Å². The molecule has 0 bridgehead atoms. The number of hydrogen-bond donors (Lipinski definition) is 1. The zero-order valence-electron chi connectivity index (χ0n) is 8.74. The highest BCUT2D eigenvalue weighted by Gasteiger charge is 2.02. The lowest BCUT2D eigenvalue weighted by Gasteiger charge is -2.10. The molecule has 1 aromatic rings. The third-order valence-corrected chi connectivity index (χ3v) is 1.32. The standard InChI is InChI=1S/C7H13N5/c1-5-9-6(8-2)11-7(10-5)12(3)4/h1-4H3,(H,8,9,10,11)/i/hD. The molecule has 0 saturated carbocycles. The Morgan fingerprint density at radius 3 is 2.50 bits per heavy atom. The fourth-order valence-corrected chi connectivity index (χ4v) is 0.754. The summed E-state index contributed by atoms with van der Waals surface area (Å²) in [4.78, 5) is 14.0. The molecule has 12 heavy (non-hydrogen) atoms. The number of hydrogen-bond acceptors (Lipinski definition) is 5. The molecule has 0 aliphatic heterocycles. The first-order chi connectivity index (χ1) is 6.00. The lowest BCUT2D eigenvalue weighted by atomic mass is 10.6. The van der Waals surface area contributed by atoms with Crippen LogP contribution in [0.5, 0.6) is 0 Å². The molecule has 1 N–H and O–H groups in total. The van der Waals surface area contributed by atoms with Crippen molar-refractivity contribution >= 4 is 11.9 Å². The van der Waals surface area contributed by atoms with Gasteiger partial charge in [0.15, 0.2) is 1.41 Å². The Kier molecular flexibility index (Phi) is 2.02. The molecular formula is C7H13N5. The third kappa shape index (κ3) is 1.81. The van der Waals surface area contributed by atoms with Crippen LogP contribution in [-0.2, 0) is 0 Å². The first kappa shape index (κ1) is 7.27. The summed E-state index contributed by atoms with van der Waals surface area (Å²) in [5, 5.41) is 1.11. The topological polar surface area (TPSA) is 53.9 Å². The van der Waals surface area contributed by atoms with Crippen molar-refractivity contribution in [1.82, 2.24) is 15.0 Å². The molecule has 0 amide bonds. The van der Waals surface area contributed by atoms with E-state index in [4.69, 9.17) is 1.41 Å². The van der Waals surface area contributed by atoms with Crippen LogP contribution >= 0.6 is 0 Å². The van der Waals surface area contributed by atoms with Gasteiger partial charge in [-0.2, -0.15) is 15.0 Å². The molecule has 1 aromatic heterocycles. The van der Waals surface area contributed by atoms with Gasteiger partial charge in [0.25, 0.3) is 0 Å². The molecule has 0 aromatic carbocycles. The average molecular weight is 168 g/mol. The van der Waals surface area contributed by atoms with Crippen molar-refractivity contribution in [1.29, 1.82) is 0 Å². The van der Waals surface area contributed by atoms with Gasteiger partial charge in [0.2, 0.25) is 11.9 Å². The zero-order chi connectivity index (χ0) is 10.0. The summed E-state index contributed by atoms with van der Waals surface area (Å²) in [5.41, 5.74) is 0. The van der Waals surface area contributed by atoms with E-state index in [9.17, 15) is 0 Å². The van der Waals surface area contributed by atoms with Gasteiger partial charge in [-0.1, -0.05) is 0 Å². The van der Waals surface area contributed by atoms with Crippen molar-refractivity contribution in [3.8, 4) is 0 Å². The van der Waals surface area contributed by atoms with Gasteiger partial charge in [0.05, 0.1) is 0 Å². The van der Waals surface area contributed by atoms with Crippen LogP contribution in [0.4, 0.5) is 11.9 Å². The monoisotopic (exact) mass is 168 g/mol. The van der Waals surface area contributed by atoms with E-state index in [2.05, 4.69) is 15.0 Å².